The van der Waals surface area contributed by atoms with E-state index in [2.05, 4.69) is 6.92 Å². The number of rotatable bonds is 1. The van der Waals surface area contributed by atoms with Crippen LogP contribution < -0.4 is 0 Å². The molecule has 0 aromatic heterocycles. The number of carbonyl (C=O) groups is 1. The second-order valence-electron chi connectivity index (χ2n) is 1.91. The molecule has 49 valence electrons. The van der Waals surface area contributed by atoms with Gasteiger partial charge in [0.2, 0.25) is 0 Å². The molecule has 1 aliphatic heterocycles. The van der Waals surface area contributed by atoms with E-state index in [1.54, 1.807) is 6.42 Å². The first-order valence-electron chi connectivity index (χ1n) is 2.86. The predicted molar refractivity (Wildman–Crippen MR) is 35.6 cm³/mol. The maximum absolute atomic E-state index is 10.5. The summed E-state index contributed by atoms with van der Waals surface area (Å²) in [5.41, 5.74) is 0. The Bertz CT molecular complexity index is 105. The molecule has 0 N–H and O–H groups in total. The average Bonchev–Trinajstić information content (AvgIpc) is 2.14. The fourth-order valence-electron chi connectivity index (χ4n) is 0.738. The van der Waals surface area contributed by atoms with Crippen molar-refractivity contribution in [2.24, 2.45) is 0 Å². The molecule has 0 bridgehead atoms. The second-order valence-corrected chi connectivity index (χ2v) is 3.21. The Labute approximate surface area is 85.2 Å². The molecule has 0 amide bonds. The van der Waals surface area contributed by atoms with Gasteiger partial charge in [0.1, 0.15) is 0 Å². The molecule has 0 saturated carbocycles. The van der Waals surface area contributed by atoms with Crippen molar-refractivity contribution >= 4 is 16.9 Å². The van der Waals surface area contributed by atoms with E-state index in [1.165, 1.54) is 11.8 Å². The zero-order chi connectivity index (χ0) is 5.98. The van der Waals surface area contributed by atoms with Crippen molar-refractivity contribution in [2.75, 3.05) is 0 Å². The van der Waals surface area contributed by atoms with Gasteiger partial charge in [0.25, 0.3) is 0 Å². The number of thioether (sulfide) groups is 1. The van der Waals surface area contributed by atoms with E-state index in [4.69, 9.17) is 0 Å². The summed E-state index contributed by atoms with van der Waals surface area (Å²) in [4.78, 5) is 10.5. The van der Waals surface area contributed by atoms with Gasteiger partial charge in [-0.2, -0.15) is 0 Å². The normalized spacial score (nSPS) is 25.0. The van der Waals surface area contributed by atoms with E-state index in [0.717, 1.165) is 12.8 Å². The van der Waals surface area contributed by atoms with Crippen molar-refractivity contribution in [1.29, 1.82) is 0 Å². The molecule has 1 atom stereocenters. The van der Waals surface area contributed by atoms with Crippen molar-refractivity contribution in [3.63, 3.8) is 0 Å². The second kappa shape index (κ2) is 4.76. The van der Waals surface area contributed by atoms with Gasteiger partial charge in [-0.3, -0.25) is 0 Å². The van der Waals surface area contributed by atoms with E-state index in [1.807, 2.05) is 0 Å². The van der Waals surface area contributed by atoms with Crippen molar-refractivity contribution in [1.82, 2.24) is 0 Å². The third kappa shape index (κ3) is 3.06. The van der Waals surface area contributed by atoms with Gasteiger partial charge in [-0.05, 0) is 11.7 Å². The van der Waals surface area contributed by atoms with Crippen molar-refractivity contribution in [3.05, 3.63) is 6.42 Å². The molecule has 1 radical (unpaired) electrons. The summed E-state index contributed by atoms with van der Waals surface area (Å²) < 4.78 is 0. The third-order valence-electron chi connectivity index (χ3n) is 1.29. The van der Waals surface area contributed by atoms with E-state index >= 15 is 0 Å². The van der Waals surface area contributed by atoms with Crippen LogP contribution in [0.5, 0.6) is 0 Å². The van der Waals surface area contributed by atoms with Crippen LogP contribution >= 0.6 is 11.8 Å². The summed E-state index contributed by atoms with van der Waals surface area (Å²) in [7, 11) is 0. The third-order valence-corrected chi connectivity index (χ3v) is 2.54. The molecule has 1 aliphatic rings. The van der Waals surface area contributed by atoms with Gasteiger partial charge in [-0.25, -0.2) is 0 Å². The summed E-state index contributed by atoms with van der Waals surface area (Å²) in [5.74, 6) is 0. The van der Waals surface area contributed by atoms with Crippen LogP contribution in [-0.4, -0.2) is 10.4 Å². The van der Waals surface area contributed by atoms with Gasteiger partial charge in [0.15, 0.2) is 0 Å². The quantitative estimate of drug-likeness (QED) is 0.622. The Balaban J connectivity index is 0.000000640. The standard InChI is InChI=1S/C6H9OS.Y/c1-2-5-3-4-6(7)8-5;/h4-5H,2-3H2,1H3;/q-1;. The Hall–Kier alpha value is 0.994. The Morgan fingerprint density at radius 2 is 2.56 bits per heavy atom. The largest absolute Gasteiger partial charge is 0.322 e. The summed E-state index contributed by atoms with van der Waals surface area (Å²) in [6, 6.07) is 0. The van der Waals surface area contributed by atoms with E-state index in [-0.39, 0.29) is 37.8 Å². The fraction of sp³-hybridized carbons (Fsp3) is 0.667. The molecular weight excluding hydrogens is 209 g/mol. The van der Waals surface area contributed by atoms with Crippen LogP contribution in [0.25, 0.3) is 0 Å². The first-order chi connectivity index (χ1) is 3.83. The van der Waals surface area contributed by atoms with Crippen LogP contribution in [0.15, 0.2) is 0 Å². The number of hydrogen-bond donors (Lipinski definition) is 0. The van der Waals surface area contributed by atoms with Crippen molar-refractivity contribution in [3.8, 4) is 0 Å². The van der Waals surface area contributed by atoms with Gasteiger partial charge >= 0.3 is 0 Å². The molecule has 0 spiro atoms. The smallest absolute Gasteiger partial charge is 0.0546 e. The molecule has 1 fully saturated rings. The molecule has 9 heavy (non-hydrogen) atoms. The van der Waals surface area contributed by atoms with Crippen LogP contribution in [0.3, 0.4) is 0 Å². The molecule has 1 heterocycles. The topological polar surface area (TPSA) is 17.1 Å². The van der Waals surface area contributed by atoms with Gasteiger partial charge in [0.05, 0.1) is 5.12 Å². The summed E-state index contributed by atoms with van der Waals surface area (Å²) >= 11 is 1.47. The number of hydrogen-bond acceptors (Lipinski definition) is 2. The first-order valence-corrected chi connectivity index (χ1v) is 3.74. The van der Waals surface area contributed by atoms with Crippen molar-refractivity contribution in [2.45, 2.75) is 25.0 Å². The Morgan fingerprint density at radius 1 is 1.89 bits per heavy atom. The maximum Gasteiger partial charge on any atom is 0.0546 e. The molecule has 0 aromatic carbocycles. The minimum absolute atomic E-state index is 0. The van der Waals surface area contributed by atoms with Gasteiger partial charge in [-0.15, -0.1) is 18.2 Å². The predicted octanol–water partition coefficient (Wildman–Crippen LogP) is 1.63. The molecule has 1 unspecified atom stereocenters. The molecule has 3 heteroatoms. The van der Waals surface area contributed by atoms with Gasteiger partial charge in [0, 0.05) is 32.7 Å². The zero-order valence-electron chi connectivity index (χ0n) is 5.46. The zero-order valence-corrected chi connectivity index (χ0v) is 9.12. The Morgan fingerprint density at radius 3 is 2.78 bits per heavy atom. The average molecular weight is 218 g/mol. The molecule has 1 nitrogen and oxygen atoms in total. The van der Waals surface area contributed by atoms with Crippen LogP contribution in [0.1, 0.15) is 19.8 Å². The monoisotopic (exact) mass is 218 g/mol. The summed E-state index contributed by atoms with van der Waals surface area (Å²) in [6.07, 6.45) is 3.88. The molecular formula is C6H9OSY-. The molecule has 0 aromatic rings. The Kier molecular flexibility index (Phi) is 5.28. The van der Waals surface area contributed by atoms with Gasteiger partial charge in [-0.1, -0.05) is 6.92 Å². The van der Waals surface area contributed by atoms with Crippen LogP contribution in [0, 0.1) is 6.42 Å². The summed E-state index contributed by atoms with van der Waals surface area (Å²) in [5, 5.41) is 0.847. The first kappa shape index (κ1) is 9.99. The van der Waals surface area contributed by atoms with E-state index in [9.17, 15) is 4.79 Å². The maximum atomic E-state index is 10.5. The van der Waals surface area contributed by atoms with Crippen LogP contribution in [-0.2, 0) is 37.5 Å². The van der Waals surface area contributed by atoms with Crippen LogP contribution in [0.2, 0.25) is 0 Å². The molecule has 1 rings (SSSR count). The fourth-order valence-corrected chi connectivity index (χ4v) is 1.62. The minimum Gasteiger partial charge on any atom is -0.322 e. The minimum atomic E-state index is 0. The van der Waals surface area contributed by atoms with E-state index in [0.29, 0.717) is 5.25 Å². The van der Waals surface area contributed by atoms with Crippen molar-refractivity contribution < 1.29 is 37.5 Å². The SMILES string of the molecule is CCC1C[CH-]C(=O)S1.[Y]. The van der Waals surface area contributed by atoms with E-state index < -0.39 is 0 Å². The molecule has 1 saturated heterocycles. The summed E-state index contributed by atoms with van der Waals surface area (Å²) in [6.45, 7) is 2.12. The van der Waals surface area contributed by atoms with Crippen LogP contribution in [0.4, 0.5) is 0 Å². The molecule has 0 aliphatic carbocycles. The van der Waals surface area contributed by atoms with Gasteiger partial charge < -0.3 is 11.2 Å². The number of carbonyl (C=O) groups excluding carboxylic acids is 1.